The summed E-state index contributed by atoms with van der Waals surface area (Å²) < 4.78 is 1.91. The second kappa shape index (κ2) is 6.27. The van der Waals surface area contributed by atoms with E-state index in [1.807, 2.05) is 39.8 Å². The van der Waals surface area contributed by atoms with Crippen LogP contribution >= 0.6 is 0 Å². The number of aromatic nitrogens is 1. The van der Waals surface area contributed by atoms with Gasteiger partial charge in [-0.2, -0.15) is 0 Å². The molecule has 1 saturated heterocycles. The average molecular weight is 322 g/mol. The Morgan fingerprint density at radius 1 is 1.00 bits per heavy atom. The Kier molecular flexibility index (Phi) is 3.97. The first-order valence-corrected chi connectivity index (χ1v) is 8.72. The van der Waals surface area contributed by atoms with Crippen LogP contribution in [0.3, 0.4) is 0 Å². The molecule has 24 heavy (non-hydrogen) atoms. The fourth-order valence-corrected chi connectivity index (χ4v) is 4.15. The van der Waals surface area contributed by atoms with Crippen molar-refractivity contribution >= 4 is 5.91 Å². The van der Waals surface area contributed by atoms with E-state index in [1.54, 1.807) is 6.07 Å². The summed E-state index contributed by atoms with van der Waals surface area (Å²) >= 11 is 0. The summed E-state index contributed by atoms with van der Waals surface area (Å²) in [5, 5.41) is 0. The first-order chi connectivity index (χ1) is 11.7. The molecule has 0 radical (unpaired) electrons. The van der Waals surface area contributed by atoms with Gasteiger partial charge in [0, 0.05) is 43.7 Å². The molecule has 2 aliphatic rings. The quantitative estimate of drug-likeness (QED) is 0.871. The molecule has 0 N–H and O–H groups in total. The molecular weight excluding hydrogens is 300 g/mol. The Balaban J connectivity index is 1.46. The molecule has 1 aromatic carbocycles. The number of aryl methyl sites for hydroxylation is 1. The van der Waals surface area contributed by atoms with Gasteiger partial charge in [-0.3, -0.25) is 9.59 Å². The van der Waals surface area contributed by atoms with Gasteiger partial charge in [0.25, 0.3) is 5.56 Å². The molecule has 0 spiro atoms. The van der Waals surface area contributed by atoms with Crippen molar-refractivity contribution < 1.29 is 4.79 Å². The minimum atomic E-state index is 0.0889. The minimum absolute atomic E-state index is 0.0889. The van der Waals surface area contributed by atoms with Crippen LogP contribution in [0.4, 0.5) is 0 Å². The molecule has 3 heterocycles. The summed E-state index contributed by atoms with van der Waals surface area (Å²) in [7, 11) is 0. The molecule has 4 rings (SSSR count). The third kappa shape index (κ3) is 2.88. The topological polar surface area (TPSA) is 42.3 Å². The Hall–Kier alpha value is -2.36. The van der Waals surface area contributed by atoms with Gasteiger partial charge in [0.05, 0.1) is 0 Å². The standard InChI is InChI=1S/C20H22N2O2/c23-19(10-9-15-5-2-1-3-6-15)21-12-16-11-17(14-21)18-7-4-8-20(24)22(18)13-16/h1-8,16-17H,9-14H2/t16-,17-/m0/s1. The van der Waals surface area contributed by atoms with E-state index in [0.29, 0.717) is 18.3 Å². The number of carbonyl (C=O) groups is 1. The Morgan fingerprint density at radius 3 is 2.67 bits per heavy atom. The fourth-order valence-electron chi connectivity index (χ4n) is 4.15. The zero-order valence-electron chi connectivity index (χ0n) is 13.7. The molecule has 4 heteroatoms. The lowest BCUT2D eigenvalue weighted by Gasteiger charge is -2.42. The van der Waals surface area contributed by atoms with Crippen molar-refractivity contribution in [3.8, 4) is 0 Å². The number of piperidine rings is 1. The van der Waals surface area contributed by atoms with Crippen molar-refractivity contribution in [1.82, 2.24) is 9.47 Å². The smallest absolute Gasteiger partial charge is 0.250 e. The van der Waals surface area contributed by atoms with Crippen LogP contribution in [0, 0.1) is 5.92 Å². The van der Waals surface area contributed by atoms with Gasteiger partial charge in [0.2, 0.25) is 5.91 Å². The van der Waals surface area contributed by atoms with Crippen molar-refractivity contribution in [1.29, 1.82) is 0 Å². The molecule has 1 aromatic heterocycles. The molecule has 2 atom stereocenters. The highest BCUT2D eigenvalue weighted by Gasteiger charge is 2.35. The summed E-state index contributed by atoms with van der Waals surface area (Å²) in [6.07, 6.45) is 2.44. The minimum Gasteiger partial charge on any atom is -0.342 e. The predicted molar refractivity (Wildman–Crippen MR) is 92.9 cm³/mol. The van der Waals surface area contributed by atoms with Crippen molar-refractivity contribution in [3.63, 3.8) is 0 Å². The Labute approximate surface area is 141 Å². The molecule has 0 saturated carbocycles. The molecule has 2 bridgehead atoms. The van der Waals surface area contributed by atoms with E-state index in [-0.39, 0.29) is 11.5 Å². The van der Waals surface area contributed by atoms with Crippen LogP contribution in [-0.2, 0) is 17.8 Å². The zero-order chi connectivity index (χ0) is 16.5. The monoisotopic (exact) mass is 322 g/mol. The van der Waals surface area contributed by atoms with E-state index >= 15 is 0 Å². The molecular formula is C20H22N2O2. The van der Waals surface area contributed by atoms with E-state index in [4.69, 9.17) is 0 Å². The van der Waals surface area contributed by atoms with Crippen LogP contribution in [0.15, 0.2) is 53.3 Å². The van der Waals surface area contributed by atoms with Gasteiger partial charge in [-0.25, -0.2) is 0 Å². The number of benzene rings is 1. The normalized spacial score (nSPS) is 22.1. The van der Waals surface area contributed by atoms with Crippen molar-refractivity contribution in [3.05, 3.63) is 70.1 Å². The number of amides is 1. The number of fused-ring (bicyclic) bond motifs is 4. The zero-order valence-corrected chi connectivity index (χ0v) is 13.7. The molecule has 2 aromatic rings. The number of likely N-dealkylation sites (tertiary alicyclic amines) is 1. The van der Waals surface area contributed by atoms with E-state index in [1.165, 1.54) is 5.56 Å². The van der Waals surface area contributed by atoms with Gasteiger partial charge in [0.1, 0.15) is 0 Å². The van der Waals surface area contributed by atoms with Gasteiger partial charge in [-0.15, -0.1) is 0 Å². The molecule has 0 unspecified atom stereocenters. The first-order valence-electron chi connectivity index (χ1n) is 8.72. The lowest BCUT2D eigenvalue weighted by molar-refractivity contribution is -0.133. The SMILES string of the molecule is O=C(CCc1ccccc1)N1C[C@@H]2C[C@@H](C1)c1cccc(=O)n1C2. The lowest BCUT2D eigenvalue weighted by atomic mass is 9.83. The van der Waals surface area contributed by atoms with Crippen molar-refractivity contribution in [2.45, 2.75) is 31.7 Å². The van der Waals surface area contributed by atoms with Crippen molar-refractivity contribution in [2.24, 2.45) is 5.92 Å². The highest BCUT2D eigenvalue weighted by atomic mass is 16.2. The summed E-state index contributed by atoms with van der Waals surface area (Å²) in [5.41, 5.74) is 2.39. The van der Waals surface area contributed by atoms with E-state index in [0.717, 1.165) is 38.2 Å². The summed E-state index contributed by atoms with van der Waals surface area (Å²) in [6.45, 7) is 2.27. The third-order valence-corrected chi connectivity index (χ3v) is 5.30. The van der Waals surface area contributed by atoms with Crippen LogP contribution in [-0.4, -0.2) is 28.5 Å². The van der Waals surface area contributed by atoms with Gasteiger partial charge in [0.15, 0.2) is 0 Å². The van der Waals surface area contributed by atoms with Crippen LogP contribution < -0.4 is 5.56 Å². The fraction of sp³-hybridized carbons (Fsp3) is 0.400. The molecule has 0 aliphatic carbocycles. The van der Waals surface area contributed by atoms with E-state index in [9.17, 15) is 9.59 Å². The van der Waals surface area contributed by atoms with Crippen LogP contribution in [0.25, 0.3) is 0 Å². The maximum Gasteiger partial charge on any atom is 0.250 e. The maximum atomic E-state index is 12.6. The first kappa shape index (κ1) is 15.2. The second-order valence-corrected chi connectivity index (χ2v) is 6.98. The number of hydrogen-bond donors (Lipinski definition) is 0. The van der Waals surface area contributed by atoms with Gasteiger partial charge in [-0.05, 0) is 30.4 Å². The highest BCUT2D eigenvalue weighted by molar-refractivity contribution is 5.76. The summed E-state index contributed by atoms with van der Waals surface area (Å²) in [6, 6.07) is 15.7. The molecule has 2 aliphatic heterocycles. The number of hydrogen-bond acceptors (Lipinski definition) is 2. The number of pyridine rings is 1. The molecule has 4 nitrogen and oxygen atoms in total. The Morgan fingerprint density at radius 2 is 1.83 bits per heavy atom. The van der Waals surface area contributed by atoms with Crippen molar-refractivity contribution in [2.75, 3.05) is 13.1 Å². The Bertz CT molecular complexity index is 797. The molecule has 124 valence electrons. The van der Waals surface area contributed by atoms with E-state index < -0.39 is 0 Å². The van der Waals surface area contributed by atoms with Crippen LogP contribution in [0.1, 0.15) is 30.0 Å². The largest absolute Gasteiger partial charge is 0.342 e. The highest BCUT2D eigenvalue weighted by Crippen LogP contribution is 2.35. The average Bonchev–Trinajstić information content (AvgIpc) is 2.61. The van der Waals surface area contributed by atoms with Crippen LogP contribution in [0.2, 0.25) is 0 Å². The summed E-state index contributed by atoms with van der Waals surface area (Å²) in [5.74, 6) is 0.935. The van der Waals surface area contributed by atoms with Gasteiger partial charge >= 0.3 is 0 Å². The molecule has 1 amide bonds. The summed E-state index contributed by atoms with van der Waals surface area (Å²) in [4.78, 5) is 26.7. The molecule has 1 fully saturated rings. The van der Waals surface area contributed by atoms with Gasteiger partial charge < -0.3 is 9.47 Å². The second-order valence-electron chi connectivity index (χ2n) is 6.98. The van der Waals surface area contributed by atoms with Crippen LogP contribution in [0.5, 0.6) is 0 Å². The van der Waals surface area contributed by atoms with Gasteiger partial charge in [-0.1, -0.05) is 36.4 Å². The lowest BCUT2D eigenvalue weighted by Crippen LogP contribution is -2.49. The van der Waals surface area contributed by atoms with E-state index in [2.05, 4.69) is 12.1 Å². The predicted octanol–water partition coefficient (Wildman–Crippen LogP) is 2.43. The number of rotatable bonds is 3. The maximum absolute atomic E-state index is 12.6. The number of nitrogens with zero attached hydrogens (tertiary/aromatic N) is 2. The third-order valence-electron chi connectivity index (χ3n) is 5.30. The number of carbonyl (C=O) groups excluding carboxylic acids is 1.